The average molecular weight is 791 g/mol. The Hall–Kier alpha value is -7.03. The van der Waals surface area contributed by atoms with Crippen LogP contribution in [0, 0.1) is 19.7 Å². The first-order valence-corrected chi connectivity index (χ1v) is 16.7. The van der Waals surface area contributed by atoms with Gasteiger partial charge in [-0.2, -0.15) is 26.3 Å². The van der Waals surface area contributed by atoms with Crippen LogP contribution in [0.25, 0.3) is 44.5 Å². The summed E-state index contributed by atoms with van der Waals surface area (Å²) in [4.78, 5) is 0. The van der Waals surface area contributed by atoms with E-state index in [1.807, 2.05) is 19.1 Å². The largest absolute Gasteiger partial charge is 0.508 e. The van der Waals surface area contributed by atoms with Gasteiger partial charge in [0.25, 0.3) is 0 Å². The second kappa shape index (κ2) is 16.4. The molecule has 0 fully saturated rings. The lowest BCUT2D eigenvalue weighted by Crippen LogP contribution is -2.17. The van der Waals surface area contributed by atoms with Gasteiger partial charge in [-0.05, 0) is 119 Å². The second-order valence-corrected chi connectivity index (χ2v) is 12.7. The van der Waals surface area contributed by atoms with Crippen molar-refractivity contribution >= 4 is 11.7 Å². The van der Waals surface area contributed by atoms with Gasteiger partial charge < -0.3 is 32.1 Å². The number of nitrogens with two attached hydrogens (primary N) is 2. The van der Waals surface area contributed by atoms with Crippen LogP contribution in [-0.4, -0.2) is 32.3 Å². The maximum Gasteiger partial charge on any atom is 0.416 e. The number of phenolic OH excluding ortho intramolecular Hbond substituents is 2. The van der Waals surface area contributed by atoms with E-state index in [-0.39, 0.29) is 39.3 Å². The molecule has 0 heterocycles. The fourth-order valence-corrected chi connectivity index (χ4v) is 6.16. The number of oxime groups is 2. The number of rotatable bonds is 6. The highest BCUT2D eigenvalue weighted by atomic mass is 19.4. The number of phenols is 2. The molecular formula is C42H33F7N4O4. The number of benzene rings is 6. The molecule has 8 nitrogen and oxygen atoms in total. The van der Waals surface area contributed by atoms with E-state index in [0.717, 1.165) is 29.8 Å². The molecule has 0 aliphatic rings. The van der Waals surface area contributed by atoms with Crippen LogP contribution in [0.3, 0.4) is 0 Å². The van der Waals surface area contributed by atoms with Gasteiger partial charge >= 0.3 is 12.4 Å². The molecule has 0 saturated heterocycles. The lowest BCUT2D eigenvalue weighted by atomic mass is 9.86. The quantitative estimate of drug-likeness (QED) is 0.0324. The minimum Gasteiger partial charge on any atom is -0.508 e. The number of alkyl halides is 6. The minimum absolute atomic E-state index is 0.00942. The molecule has 0 saturated carbocycles. The summed E-state index contributed by atoms with van der Waals surface area (Å²) in [6, 6.07) is 25.9. The van der Waals surface area contributed by atoms with Crippen LogP contribution >= 0.6 is 0 Å². The molecule has 0 amide bonds. The SMILES string of the molecule is Cc1ccc(F)cc1-c1c(C(N)=NO)cc(C(F)(F)F)cc1-c1ccc(O)cc1.Cc1ccccc1-c1c(C(N)=NO)cc(C(F)(F)F)cc1-c1ccc(O)cc1. The third-order valence-corrected chi connectivity index (χ3v) is 8.94. The summed E-state index contributed by atoms with van der Waals surface area (Å²) in [5.41, 5.74) is 13.4. The van der Waals surface area contributed by atoms with Crippen LogP contribution in [-0.2, 0) is 12.4 Å². The number of hydrogen-bond acceptors (Lipinski definition) is 6. The van der Waals surface area contributed by atoms with Gasteiger partial charge in [-0.25, -0.2) is 4.39 Å². The molecule has 0 radical (unpaired) electrons. The van der Waals surface area contributed by atoms with Crippen LogP contribution in [0.5, 0.6) is 11.5 Å². The van der Waals surface area contributed by atoms with Crippen molar-refractivity contribution in [1.29, 1.82) is 0 Å². The molecule has 0 aromatic heterocycles. The highest BCUT2D eigenvalue weighted by molar-refractivity contribution is 6.08. The van der Waals surface area contributed by atoms with Gasteiger partial charge in [-0.1, -0.05) is 64.9 Å². The Bertz CT molecular complexity index is 2480. The monoisotopic (exact) mass is 790 g/mol. The molecule has 0 aliphatic carbocycles. The summed E-state index contributed by atoms with van der Waals surface area (Å²) in [6.07, 6.45) is -9.33. The standard InChI is InChI=1S/C21H16F4N2O2.C21H17F3N2O2/c1-11-2-5-14(22)10-16(11)19-17(12-3-6-15(28)7-4-12)8-13(21(23,24)25)9-18(19)20(26)27-29;1-12-4-2-3-5-16(12)19-17(13-6-8-15(27)9-7-13)10-14(21(22,23)24)11-18(19)20(25)26-28/h2-10,28-29H,1H3,(H2,26,27);2-11,27-28H,1H3,(H2,25,26). The first-order chi connectivity index (χ1) is 26.8. The Balaban J connectivity index is 0.000000218. The van der Waals surface area contributed by atoms with Crippen molar-refractivity contribution in [3.05, 3.63) is 154 Å². The molecule has 6 aromatic rings. The van der Waals surface area contributed by atoms with E-state index in [4.69, 9.17) is 21.9 Å². The maximum absolute atomic E-state index is 14.0. The summed E-state index contributed by atoms with van der Waals surface area (Å²) in [5.74, 6) is -1.64. The lowest BCUT2D eigenvalue weighted by molar-refractivity contribution is -0.138. The van der Waals surface area contributed by atoms with Crippen molar-refractivity contribution in [3.63, 3.8) is 0 Å². The van der Waals surface area contributed by atoms with E-state index in [9.17, 15) is 40.9 Å². The Kier molecular flexibility index (Phi) is 11.8. The minimum atomic E-state index is -4.70. The third kappa shape index (κ3) is 9.10. The molecule has 0 aliphatic heterocycles. The zero-order valence-corrected chi connectivity index (χ0v) is 30.0. The molecular weight excluding hydrogens is 757 g/mol. The van der Waals surface area contributed by atoms with Crippen LogP contribution in [0.2, 0.25) is 0 Å². The summed E-state index contributed by atoms with van der Waals surface area (Å²) < 4.78 is 95.1. The number of aryl methyl sites for hydroxylation is 2. The lowest BCUT2D eigenvalue weighted by Gasteiger charge is -2.20. The van der Waals surface area contributed by atoms with Gasteiger partial charge in [0.05, 0.1) is 11.1 Å². The predicted octanol–water partition coefficient (Wildman–Crippen LogP) is 10.4. The Labute approximate surface area is 321 Å². The molecule has 0 bridgehead atoms. The molecule has 6 rings (SSSR count). The van der Waals surface area contributed by atoms with Crippen molar-refractivity contribution in [1.82, 2.24) is 0 Å². The van der Waals surface area contributed by atoms with Gasteiger partial charge in [-0.3, -0.25) is 0 Å². The fraction of sp³-hybridized carbons (Fsp3) is 0.0952. The van der Waals surface area contributed by atoms with Gasteiger partial charge in [0.15, 0.2) is 11.7 Å². The van der Waals surface area contributed by atoms with Crippen molar-refractivity contribution in [2.75, 3.05) is 0 Å². The zero-order chi connectivity index (χ0) is 41.8. The summed E-state index contributed by atoms with van der Waals surface area (Å²) >= 11 is 0. The van der Waals surface area contributed by atoms with E-state index in [1.54, 1.807) is 19.1 Å². The normalized spacial score (nSPS) is 12.2. The highest BCUT2D eigenvalue weighted by Gasteiger charge is 2.35. The molecule has 8 N–H and O–H groups in total. The van der Waals surface area contributed by atoms with Gasteiger partial charge in [-0.15, -0.1) is 0 Å². The molecule has 0 unspecified atom stereocenters. The van der Waals surface area contributed by atoms with E-state index >= 15 is 0 Å². The van der Waals surface area contributed by atoms with E-state index in [0.29, 0.717) is 33.4 Å². The smallest absolute Gasteiger partial charge is 0.416 e. The first-order valence-electron chi connectivity index (χ1n) is 16.7. The molecule has 6 aromatic carbocycles. The van der Waals surface area contributed by atoms with Crippen LogP contribution in [0.1, 0.15) is 33.4 Å². The predicted molar refractivity (Wildman–Crippen MR) is 202 cm³/mol. The maximum atomic E-state index is 14.0. The van der Waals surface area contributed by atoms with Gasteiger partial charge in [0.1, 0.15) is 17.3 Å². The molecule has 0 atom stereocenters. The van der Waals surface area contributed by atoms with Crippen molar-refractivity contribution in [2.45, 2.75) is 26.2 Å². The van der Waals surface area contributed by atoms with Crippen molar-refractivity contribution in [3.8, 4) is 56.0 Å². The molecule has 294 valence electrons. The summed E-state index contributed by atoms with van der Waals surface area (Å²) in [5, 5.41) is 43.2. The van der Waals surface area contributed by atoms with Gasteiger partial charge in [0, 0.05) is 22.3 Å². The third-order valence-electron chi connectivity index (χ3n) is 8.94. The number of aromatic hydroxyl groups is 2. The van der Waals surface area contributed by atoms with Crippen LogP contribution < -0.4 is 11.5 Å². The molecule has 0 spiro atoms. The van der Waals surface area contributed by atoms with E-state index in [2.05, 4.69) is 10.3 Å². The van der Waals surface area contributed by atoms with E-state index < -0.39 is 41.0 Å². The summed E-state index contributed by atoms with van der Waals surface area (Å²) in [6.45, 7) is 3.49. The summed E-state index contributed by atoms with van der Waals surface area (Å²) in [7, 11) is 0. The number of halogens is 7. The van der Waals surface area contributed by atoms with Gasteiger partial charge in [0.2, 0.25) is 0 Å². The average Bonchev–Trinajstić information content (AvgIpc) is 3.17. The topological polar surface area (TPSA) is 158 Å². The molecule has 57 heavy (non-hydrogen) atoms. The fourth-order valence-electron chi connectivity index (χ4n) is 6.16. The molecule has 15 heteroatoms. The number of amidine groups is 2. The first kappa shape index (κ1) is 41.1. The highest BCUT2D eigenvalue weighted by Crippen LogP contribution is 2.44. The second-order valence-electron chi connectivity index (χ2n) is 12.7. The van der Waals surface area contributed by atoms with Crippen molar-refractivity contribution in [2.24, 2.45) is 21.8 Å². The van der Waals surface area contributed by atoms with E-state index in [1.165, 1.54) is 66.7 Å². The number of nitrogens with zero attached hydrogens (tertiary/aromatic N) is 2. The Morgan fingerprint density at radius 1 is 0.509 bits per heavy atom. The zero-order valence-electron chi connectivity index (χ0n) is 30.0. The Morgan fingerprint density at radius 3 is 1.32 bits per heavy atom. The van der Waals surface area contributed by atoms with Crippen LogP contribution in [0.4, 0.5) is 30.7 Å². The van der Waals surface area contributed by atoms with Crippen molar-refractivity contribution < 1.29 is 51.4 Å². The Morgan fingerprint density at radius 2 is 0.912 bits per heavy atom. The van der Waals surface area contributed by atoms with Crippen LogP contribution in [0.15, 0.2) is 126 Å². The number of hydrogen-bond donors (Lipinski definition) is 6.